The molecule has 0 bridgehead atoms. The van der Waals surface area contributed by atoms with Crippen molar-refractivity contribution in [3.05, 3.63) is 65.8 Å². The van der Waals surface area contributed by atoms with Gasteiger partial charge in [-0.05, 0) is 74.8 Å². The molecular formula is C26H29F3O5. The van der Waals surface area contributed by atoms with Crippen LogP contribution in [0.3, 0.4) is 0 Å². The van der Waals surface area contributed by atoms with Crippen molar-refractivity contribution in [2.24, 2.45) is 11.8 Å². The lowest BCUT2D eigenvalue weighted by molar-refractivity contribution is -0.145. The summed E-state index contributed by atoms with van der Waals surface area (Å²) in [6.45, 7) is 1.82. The van der Waals surface area contributed by atoms with Crippen LogP contribution in [0.25, 0.3) is 6.08 Å². The minimum atomic E-state index is -4.43. The number of benzene rings is 1. The zero-order valence-corrected chi connectivity index (χ0v) is 18.9. The van der Waals surface area contributed by atoms with Crippen LogP contribution in [0.2, 0.25) is 0 Å². The Hall–Kier alpha value is -2.87. The van der Waals surface area contributed by atoms with E-state index in [-0.39, 0.29) is 17.9 Å². The lowest BCUT2D eigenvalue weighted by atomic mass is 9.89. The van der Waals surface area contributed by atoms with Crippen LogP contribution < -0.4 is 0 Å². The molecule has 0 radical (unpaired) electrons. The molecule has 184 valence electrons. The van der Waals surface area contributed by atoms with Gasteiger partial charge in [0, 0.05) is 18.1 Å². The number of alkyl halides is 3. The molecule has 0 aromatic heterocycles. The number of hydrogen-bond acceptors (Lipinski definition) is 5. The van der Waals surface area contributed by atoms with Gasteiger partial charge in [0.1, 0.15) is 6.10 Å². The molecule has 0 unspecified atom stereocenters. The van der Waals surface area contributed by atoms with Crippen molar-refractivity contribution >= 4 is 18.0 Å². The molecule has 0 amide bonds. The van der Waals surface area contributed by atoms with Crippen LogP contribution in [0.15, 0.2) is 54.6 Å². The van der Waals surface area contributed by atoms with E-state index in [9.17, 15) is 27.9 Å². The summed E-state index contributed by atoms with van der Waals surface area (Å²) in [5, 5.41) is 10.2. The lowest BCUT2D eigenvalue weighted by Crippen LogP contribution is -2.27. The van der Waals surface area contributed by atoms with Crippen LogP contribution in [-0.2, 0) is 25.2 Å². The summed E-state index contributed by atoms with van der Waals surface area (Å²) < 4.78 is 49.1. The number of carbonyl (C=O) groups is 2. The number of fused-ring (bicyclic) bond motifs is 1. The number of aliphatic hydroxyl groups excluding tert-OH is 1. The Kier molecular flexibility index (Phi) is 8.72. The summed E-state index contributed by atoms with van der Waals surface area (Å²) in [7, 11) is 0. The van der Waals surface area contributed by atoms with Crippen LogP contribution in [0, 0.1) is 11.8 Å². The Labute approximate surface area is 196 Å². The van der Waals surface area contributed by atoms with E-state index in [1.54, 1.807) is 0 Å². The fourth-order valence-corrected chi connectivity index (χ4v) is 4.33. The van der Waals surface area contributed by atoms with Crippen molar-refractivity contribution in [3.8, 4) is 0 Å². The third-order valence-corrected chi connectivity index (χ3v) is 6.07. The van der Waals surface area contributed by atoms with Crippen molar-refractivity contribution in [2.45, 2.75) is 63.5 Å². The second-order valence-corrected chi connectivity index (χ2v) is 8.77. The number of esters is 2. The maximum Gasteiger partial charge on any atom is 0.416 e. The molecule has 8 heteroatoms. The van der Waals surface area contributed by atoms with E-state index in [2.05, 4.69) is 6.08 Å². The van der Waals surface area contributed by atoms with Gasteiger partial charge in [-0.15, -0.1) is 0 Å². The van der Waals surface area contributed by atoms with E-state index in [1.165, 1.54) is 30.4 Å². The van der Waals surface area contributed by atoms with E-state index in [0.717, 1.165) is 37.5 Å². The fraction of sp³-hybridized carbons (Fsp3) is 0.462. The number of rotatable bonds is 3. The highest BCUT2D eigenvalue weighted by Crippen LogP contribution is 2.37. The van der Waals surface area contributed by atoms with Crippen LogP contribution in [0.5, 0.6) is 0 Å². The van der Waals surface area contributed by atoms with Gasteiger partial charge in [0.05, 0.1) is 17.8 Å². The van der Waals surface area contributed by atoms with Gasteiger partial charge in [-0.3, -0.25) is 0 Å². The van der Waals surface area contributed by atoms with Crippen molar-refractivity contribution in [2.75, 3.05) is 0 Å². The molecular weight excluding hydrogens is 449 g/mol. The summed E-state index contributed by atoms with van der Waals surface area (Å²) in [6, 6.07) is 4.40. The van der Waals surface area contributed by atoms with Crippen molar-refractivity contribution in [1.82, 2.24) is 0 Å². The van der Waals surface area contributed by atoms with E-state index in [0.29, 0.717) is 18.4 Å². The summed E-state index contributed by atoms with van der Waals surface area (Å²) in [5.41, 5.74) is -0.369. The number of aliphatic hydroxyl groups is 1. The highest BCUT2D eigenvalue weighted by Gasteiger charge is 2.38. The molecule has 0 spiro atoms. The monoisotopic (exact) mass is 478 g/mol. The van der Waals surface area contributed by atoms with Crippen LogP contribution in [-0.4, -0.2) is 35.4 Å². The quantitative estimate of drug-likeness (QED) is 0.365. The third kappa shape index (κ3) is 7.58. The average Bonchev–Trinajstić information content (AvgIpc) is 3.14. The van der Waals surface area contributed by atoms with Crippen LogP contribution in [0.1, 0.15) is 50.2 Å². The molecule has 2 aliphatic rings. The minimum absolute atomic E-state index is 0.0226. The van der Waals surface area contributed by atoms with Gasteiger partial charge in [-0.25, -0.2) is 9.59 Å². The van der Waals surface area contributed by atoms with Gasteiger partial charge in [-0.1, -0.05) is 24.3 Å². The van der Waals surface area contributed by atoms with Gasteiger partial charge in [-0.2, -0.15) is 13.2 Å². The Balaban J connectivity index is 1.75. The number of hydrogen-bond donors (Lipinski definition) is 1. The van der Waals surface area contributed by atoms with Crippen molar-refractivity contribution in [1.29, 1.82) is 0 Å². The SMILES string of the molecule is C[C@H]1CCC/C=C/[C@@H]2C[C@H](O)C[C@H]2[C@H](OC(=O)/C=C/c2ccc(C(F)(F)F)cc2)/C=C/C(=O)O1. The molecule has 0 saturated heterocycles. The summed E-state index contributed by atoms with van der Waals surface area (Å²) >= 11 is 0. The topological polar surface area (TPSA) is 72.8 Å². The third-order valence-electron chi connectivity index (χ3n) is 6.07. The normalized spacial score (nSPS) is 30.4. The lowest BCUT2D eigenvalue weighted by Gasteiger charge is -2.24. The zero-order valence-electron chi connectivity index (χ0n) is 18.9. The van der Waals surface area contributed by atoms with Crippen molar-refractivity contribution < 1.29 is 37.3 Å². The maximum atomic E-state index is 12.7. The number of ether oxygens (including phenoxy) is 2. The minimum Gasteiger partial charge on any atom is -0.460 e. The number of carbonyl (C=O) groups excluding carboxylic acids is 2. The molecule has 34 heavy (non-hydrogen) atoms. The van der Waals surface area contributed by atoms with E-state index in [4.69, 9.17) is 9.47 Å². The average molecular weight is 479 g/mol. The second kappa shape index (κ2) is 11.5. The first-order chi connectivity index (χ1) is 16.1. The second-order valence-electron chi connectivity index (χ2n) is 8.77. The zero-order chi connectivity index (χ0) is 24.7. The highest BCUT2D eigenvalue weighted by molar-refractivity contribution is 5.87. The Morgan fingerprint density at radius 2 is 1.91 bits per heavy atom. The molecule has 1 aliphatic carbocycles. The number of allylic oxidation sites excluding steroid dienone is 2. The molecule has 1 fully saturated rings. The Bertz CT molecular complexity index is 933. The van der Waals surface area contributed by atoms with Crippen molar-refractivity contribution in [3.63, 3.8) is 0 Å². The standard InChI is InChI=1S/C26H29F3O5/c1-17-5-3-2-4-6-19-15-21(30)16-22(19)23(12-14-24(31)33-17)34-25(32)13-9-18-7-10-20(11-8-18)26(27,28)29/h4,6-14,17,19,21-23,30H,2-3,5,15-16H2,1H3/b6-4+,13-9+,14-12+/t17-,19+,21-,22+,23+/m0/s1. The van der Waals surface area contributed by atoms with Gasteiger partial charge < -0.3 is 14.6 Å². The highest BCUT2D eigenvalue weighted by atomic mass is 19.4. The predicted octanol–water partition coefficient (Wildman–Crippen LogP) is 5.25. The first-order valence-electron chi connectivity index (χ1n) is 11.4. The molecule has 1 aliphatic heterocycles. The molecule has 1 aromatic rings. The molecule has 1 aromatic carbocycles. The summed E-state index contributed by atoms with van der Waals surface area (Å²) in [6.07, 6.45) is 6.68. The van der Waals surface area contributed by atoms with Crippen LogP contribution in [0.4, 0.5) is 13.2 Å². The molecule has 1 heterocycles. The Morgan fingerprint density at radius 3 is 2.62 bits per heavy atom. The summed E-state index contributed by atoms with van der Waals surface area (Å²) in [4.78, 5) is 24.7. The van der Waals surface area contributed by atoms with Gasteiger partial charge >= 0.3 is 18.1 Å². The fourth-order valence-electron chi connectivity index (χ4n) is 4.33. The molecule has 5 atom stereocenters. The smallest absolute Gasteiger partial charge is 0.416 e. The maximum absolute atomic E-state index is 12.7. The van der Waals surface area contributed by atoms with Crippen LogP contribution >= 0.6 is 0 Å². The largest absolute Gasteiger partial charge is 0.460 e. The Morgan fingerprint density at radius 1 is 1.18 bits per heavy atom. The molecule has 1 N–H and O–H groups in total. The first-order valence-corrected chi connectivity index (χ1v) is 11.4. The predicted molar refractivity (Wildman–Crippen MR) is 120 cm³/mol. The van der Waals surface area contributed by atoms with Gasteiger partial charge in [0.15, 0.2) is 0 Å². The van der Waals surface area contributed by atoms with E-state index < -0.39 is 35.9 Å². The molecule has 5 nitrogen and oxygen atoms in total. The number of halogens is 3. The van der Waals surface area contributed by atoms with Gasteiger partial charge in [0.25, 0.3) is 0 Å². The number of cyclic esters (lactones) is 1. The molecule has 3 rings (SSSR count). The first kappa shape index (κ1) is 25.7. The van der Waals surface area contributed by atoms with E-state index in [1.807, 2.05) is 13.0 Å². The molecule has 1 saturated carbocycles. The van der Waals surface area contributed by atoms with Gasteiger partial charge in [0.2, 0.25) is 0 Å². The van der Waals surface area contributed by atoms with E-state index >= 15 is 0 Å². The summed E-state index contributed by atoms with van der Waals surface area (Å²) in [5.74, 6) is -1.48.